The van der Waals surface area contributed by atoms with Gasteiger partial charge in [-0.1, -0.05) is 54.2 Å². The minimum absolute atomic E-state index is 0.0216. The summed E-state index contributed by atoms with van der Waals surface area (Å²) in [6.07, 6.45) is 0. The lowest BCUT2D eigenvalue weighted by Crippen LogP contribution is -2.16. The fraction of sp³-hybridized carbons (Fsp3) is 0.0833. The van der Waals surface area contributed by atoms with Crippen molar-refractivity contribution >= 4 is 29.0 Å². The number of halogens is 1. The van der Waals surface area contributed by atoms with Crippen LogP contribution in [0.4, 0.5) is 15.8 Å². The standard InChI is InChI=1S/C24H17FN6O3S/c25-20-9-5-4-8-19(20)23-28-29-24(30(23)14-16-6-2-1-3-7-16)35-15-22(32)27-21-11-10-18(31(33)34)12-17(21)13-26/h1-12H,14-15H2,(H,27,32). The fourth-order valence-electron chi connectivity index (χ4n) is 3.31. The van der Waals surface area contributed by atoms with Crippen molar-refractivity contribution in [2.24, 2.45) is 0 Å². The zero-order valence-electron chi connectivity index (χ0n) is 18.1. The normalized spacial score (nSPS) is 10.5. The maximum atomic E-state index is 14.5. The summed E-state index contributed by atoms with van der Waals surface area (Å²) in [4.78, 5) is 22.9. The van der Waals surface area contributed by atoms with Crippen molar-refractivity contribution < 1.29 is 14.1 Å². The van der Waals surface area contributed by atoms with Crippen LogP contribution in [0.15, 0.2) is 78.0 Å². The first-order chi connectivity index (χ1) is 17.0. The maximum Gasteiger partial charge on any atom is 0.270 e. The predicted molar refractivity (Wildman–Crippen MR) is 128 cm³/mol. The van der Waals surface area contributed by atoms with Crippen molar-refractivity contribution in [1.29, 1.82) is 5.26 Å². The Bertz CT molecular complexity index is 1430. The van der Waals surface area contributed by atoms with Crippen LogP contribution >= 0.6 is 11.8 Å². The molecule has 0 spiro atoms. The van der Waals surface area contributed by atoms with Gasteiger partial charge in [-0.2, -0.15) is 5.26 Å². The molecule has 174 valence electrons. The number of nitrogens with one attached hydrogen (secondary N) is 1. The molecular formula is C24H17FN6O3S. The summed E-state index contributed by atoms with van der Waals surface area (Å²) in [5, 5.41) is 31.5. The molecule has 1 aromatic heterocycles. The van der Waals surface area contributed by atoms with Gasteiger partial charge in [0.25, 0.3) is 5.69 Å². The highest BCUT2D eigenvalue weighted by Crippen LogP contribution is 2.27. The highest BCUT2D eigenvalue weighted by molar-refractivity contribution is 7.99. The van der Waals surface area contributed by atoms with Crippen molar-refractivity contribution in [3.63, 3.8) is 0 Å². The Labute approximate surface area is 203 Å². The van der Waals surface area contributed by atoms with Gasteiger partial charge in [-0.15, -0.1) is 10.2 Å². The third-order valence-corrected chi connectivity index (χ3v) is 5.92. The summed E-state index contributed by atoms with van der Waals surface area (Å²) in [6, 6.07) is 21.2. The molecule has 1 N–H and O–H groups in total. The van der Waals surface area contributed by atoms with Gasteiger partial charge in [0.15, 0.2) is 11.0 Å². The minimum Gasteiger partial charge on any atom is -0.324 e. The van der Waals surface area contributed by atoms with E-state index in [0.717, 1.165) is 23.4 Å². The smallest absolute Gasteiger partial charge is 0.270 e. The largest absolute Gasteiger partial charge is 0.324 e. The lowest BCUT2D eigenvalue weighted by molar-refractivity contribution is -0.384. The van der Waals surface area contributed by atoms with Gasteiger partial charge in [-0.05, 0) is 23.8 Å². The molecule has 4 aromatic rings. The van der Waals surface area contributed by atoms with Crippen molar-refractivity contribution in [3.05, 3.63) is 99.9 Å². The number of anilines is 1. The average molecular weight is 489 g/mol. The summed E-state index contributed by atoms with van der Waals surface area (Å²) in [6.45, 7) is 0.363. The molecule has 1 amide bonds. The first-order valence-electron chi connectivity index (χ1n) is 10.3. The number of hydrogen-bond acceptors (Lipinski definition) is 7. The quantitative estimate of drug-likeness (QED) is 0.217. The Balaban J connectivity index is 1.55. The van der Waals surface area contributed by atoms with Crippen LogP contribution in [-0.2, 0) is 11.3 Å². The van der Waals surface area contributed by atoms with Gasteiger partial charge in [0.2, 0.25) is 5.91 Å². The van der Waals surface area contributed by atoms with Crippen LogP contribution in [0.1, 0.15) is 11.1 Å². The van der Waals surface area contributed by atoms with Crippen molar-refractivity contribution in [1.82, 2.24) is 14.8 Å². The van der Waals surface area contributed by atoms with E-state index in [1.807, 2.05) is 36.4 Å². The molecule has 0 saturated heterocycles. The van der Waals surface area contributed by atoms with Gasteiger partial charge >= 0.3 is 0 Å². The van der Waals surface area contributed by atoms with Crippen LogP contribution in [0.3, 0.4) is 0 Å². The molecule has 0 radical (unpaired) electrons. The van der Waals surface area contributed by atoms with Crippen molar-refractivity contribution in [2.45, 2.75) is 11.7 Å². The van der Waals surface area contributed by atoms with Gasteiger partial charge in [-0.25, -0.2) is 4.39 Å². The van der Waals surface area contributed by atoms with Gasteiger partial charge in [0, 0.05) is 12.1 Å². The van der Waals surface area contributed by atoms with E-state index in [2.05, 4.69) is 15.5 Å². The monoisotopic (exact) mass is 488 g/mol. The summed E-state index contributed by atoms with van der Waals surface area (Å²) >= 11 is 1.10. The number of benzene rings is 3. The van der Waals surface area contributed by atoms with E-state index in [0.29, 0.717) is 17.5 Å². The molecule has 0 atom stereocenters. The first kappa shape index (κ1) is 23.6. The first-order valence-corrected chi connectivity index (χ1v) is 11.3. The lowest BCUT2D eigenvalue weighted by Gasteiger charge is -2.11. The van der Waals surface area contributed by atoms with E-state index in [1.54, 1.807) is 22.8 Å². The number of thioether (sulfide) groups is 1. The molecule has 0 bridgehead atoms. The van der Waals surface area contributed by atoms with E-state index in [4.69, 9.17) is 0 Å². The molecule has 3 aromatic carbocycles. The van der Waals surface area contributed by atoms with Crippen LogP contribution in [0.5, 0.6) is 0 Å². The molecule has 0 aliphatic rings. The topological polar surface area (TPSA) is 127 Å². The molecule has 0 aliphatic carbocycles. The SMILES string of the molecule is N#Cc1cc([N+](=O)[O-])ccc1NC(=O)CSc1nnc(-c2ccccc2F)n1Cc1ccccc1. The fourth-order valence-corrected chi connectivity index (χ4v) is 4.05. The number of non-ortho nitro benzene ring substituents is 1. The number of carbonyl (C=O) groups is 1. The second kappa shape index (κ2) is 10.6. The van der Waals surface area contributed by atoms with Crippen molar-refractivity contribution in [2.75, 3.05) is 11.1 Å². The number of carbonyl (C=O) groups excluding carboxylic acids is 1. The van der Waals surface area contributed by atoms with E-state index in [1.165, 1.54) is 18.2 Å². The minimum atomic E-state index is -0.616. The van der Waals surface area contributed by atoms with E-state index in [9.17, 15) is 24.6 Å². The second-order valence-electron chi connectivity index (χ2n) is 7.29. The highest BCUT2D eigenvalue weighted by Gasteiger charge is 2.19. The predicted octanol–water partition coefficient (Wildman–Crippen LogP) is 4.64. The third kappa shape index (κ3) is 5.51. The van der Waals surface area contributed by atoms with Gasteiger partial charge < -0.3 is 5.32 Å². The number of rotatable bonds is 8. The summed E-state index contributed by atoms with van der Waals surface area (Å²) in [5.41, 5.74) is 1.13. The maximum absolute atomic E-state index is 14.5. The van der Waals surface area contributed by atoms with E-state index >= 15 is 0 Å². The average Bonchev–Trinajstić information content (AvgIpc) is 3.25. The molecule has 0 unspecified atom stereocenters. The van der Waals surface area contributed by atoms with E-state index < -0.39 is 16.6 Å². The number of nitro groups is 1. The molecule has 35 heavy (non-hydrogen) atoms. The zero-order valence-corrected chi connectivity index (χ0v) is 18.9. The van der Waals surface area contributed by atoms with Crippen molar-refractivity contribution in [3.8, 4) is 17.5 Å². The Morgan fingerprint density at radius 1 is 1.11 bits per heavy atom. The van der Waals surface area contributed by atoms with E-state index in [-0.39, 0.29) is 28.3 Å². The number of hydrogen-bond donors (Lipinski definition) is 1. The Morgan fingerprint density at radius 2 is 1.86 bits per heavy atom. The molecular weight excluding hydrogens is 471 g/mol. The number of amides is 1. The summed E-state index contributed by atoms with van der Waals surface area (Å²) < 4.78 is 16.2. The lowest BCUT2D eigenvalue weighted by atomic mass is 10.1. The van der Waals surface area contributed by atoms with Gasteiger partial charge in [-0.3, -0.25) is 19.5 Å². The Kier molecular flexibility index (Phi) is 7.13. The zero-order chi connectivity index (χ0) is 24.8. The molecule has 4 rings (SSSR count). The Hall–Kier alpha value is -4.56. The number of nitrogens with zero attached hydrogens (tertiary/aromatic N) is 5. The molecule has 0 saturated carbocycles. The molecule has 11 heteroatoms. The number of nitro benzene ring substituents is 1. The highest BCUT2D eigenvalue weighted by atomic mass is 32.2. The van der Waals surface area contributed by atoms with Crippen LogP contribution in [0.25, 0.3) is 11.4 Å². The molecule has 1 heterocycles. The van der Waals surface area contributed by atoms with Crippen LogP contribution in [0, 0.1) is 27.3 Å². The summed E-state index contributed by atoms with van der Waals surface area (Å²) in [5.74, 6) is -0.628. The molecule has 0 aliphatic heterocycles. The third-order valence-electron chi connectivity index (χ3n) is 4.96. The van der Waals surface area contributed by atoms with Crippen LogP contribution in [-0.4, -0.2) is 31.3 Å². The summed E-state index contributed by atoms with van der Waals surface area (Å²) in [7, 11) is 0. The van der Waals surface area contributed by atoms with Gasteiger partial charge in [0.1, 0.15) is 11.9 Å². The second-order valence-corrected chi connectivity index (χ2v) is 8.24. The van der Waals surface area contributed by atoms with Gasteiger partial charge in [0.05, 0.1) is 34.0 Å². The number of nitriles is 1. The van der Waals surface area contributed by atoms with Crippen LogP contribution < -0.4 is 5.32 Å². The molecule has 9 nitrogen and oxygen atoms in total. The number of aromatic nitrogens is 3. The van der Waals surface area contributed by atoms with Crippen LogP contribution in [0.2, 0.25) is 0 Å². The Morgan fingerprint density at radius 3 is 2.57 bits per heavy atom. The molecule has 0 fully saturated rings.